The molecular weight excluding hydrogens is 390 g/mol. The van der Waals surface area contributed by atoms with Gasteiger partial charge in [-0.25, -0.2) is 4.79 Å². The molecule has 160 valence electrons. The van der Waals surface area contributed by atoms with Gasteiger partial charge in [-0.1, -0.05) is 12.1 Å². The Labute approximate surface area is 172 Å². The lowest BCUT2D eigenvalue weighted by Crippen LogP contribution is -2.37. The molecule has 1 aromatic heterocycles. The molecule has 3 rings (SSSR count). The molecule has 10 heteroatoms. The summed E-state index contributed by atoms with van der Waals surface area (Å²) in [6.45, 7) is 2.73. The first-order valence-electron chi connectivity index (χ1n) is 9.80. The van der Waals surface area contributed by atoms with Crippen LogP contribution in [0.4, 0.5) is 11.5 Å². The number of carbonyl (C=O) groups excluding carboxylic acids is 2. The molecule has 2 aromatic rings. The van der Waals surface area contributed by atoms with Crippen LogP contribution in [-0.2, 0) is 11.3 Å². The number of rotatable bonds is 8. The smallest absolute Gasteiger partial charge is 0.329 e. The van der Waals surface area contributed by atoms with Crippen LogP contribution < -0.4 is 27.6 Å². The number of anilines is 2. The molecule has 1 aliphatic rings. The highest BCUT2D eigenvalue weighted by atomic mass is 16.5. The number of ketones is 1. The number of hydrogen-bond acceptors (Lipinski definition) is 7. The SMILES string of the molecule is CCn1c(N)c(C(=O)CNc2ccccc2C(=O)NCC2CCCO2)c(=O)[nH]c1=O. The Morgan fingerprint density at radius 1 is 1.30 bits per heavy atom. The number of nitrogens with two attached hydrogens (primary N) is 1. The summed E-state index contributed by atoms with van der Waals surface area (Å²) >= 11 is 0. The minimum atomic E-state index is -0.836. The lowest BCUT2D eigenvalue weighted by molar-refractivity contribution is 0.0858. The summed E-state index contributed by atoms with van der Waals surface area (Å²) in [6.07, 6.45) is 1.90. The highest BCUT2D eigenvalue weighted by Gasteiger charge is 2.20. The van der Waals surface area contributed by atoms with E-state index in [0.717, 1.165) is 17.4 Å². The number of hydrogen-bond donors (Lipinski definition) is 4. The molecule has 0 spiro atoms. The molecule has 0 bridgehead atoms. The Kier molecular flexibility index (Phi) is 6.68. The van der Waals surface area contributed by atoms with Gasteiger partial charge < -0.3 is 21.1 Å². The first kappa shape index (κ1) is 21.3. The molecule has 2 heterocycles. The monoisotopic (exact) mass is 415 g/mol. The number of aromatic amines is 1. The third-order valence-corrected chi connectivity index (χ3v) is 4.96. The number of Topliss-reactive ketones (excluding diaryl/α,β-unsaturated/α-hetero) is 1. The number of nitrogen functional groups attached to an aromatic ring is 1. The molecule has 1 atom stereocenters. The number of amides is 1. The minimum Gasteiger partial charge on any atom is -0.384 e. The van der Waals surface area contributed by atoms with Gasteiger partial charge in [0.05, 0.1) is 18.2 Å². The Morgan fingerprint density at radius 2 is 2.07 bits per heavy atom. The highest BCUT2D eigenvalue weighted by molar-refractivity contribution is 6.04. The number of H-pyrrole nitrogens is 1. The Hall–Kier alpha value is -3.40. The van der Waals surface area contributed by atoms with Crippen LogP contribution in [0.25, 0.3) is 0 Å². The standard InChI is InChI=1S/C20H25N5O5/c1-2-25-17(21)16(19(28)24-20(25)29)15(26)11-22-14-8-4-3-7-13(14)18(27)23-10-12-6-5-9-30-12/h3-4,7-8,12,22H,2,5-6,9-11,21H2,1H3,(H,23,27)(H,24,28,29). The average Bonchev–Trinajstić information content (AvgIpc) is 3.24. The molecule has 30 heavy (non-hydrogen) atoms. The summed E-state index contributed by atoms with van der Waals surface area (Å²) in [5.74, 6) is -1.07. The fourth-order valence-corrected chi connectivity index (χ4v) is 3.38. The van der Waals surface area contributed by atoms with E-state index in [1.807, 2.05) is 0 Å². The quantitative estimate of drug-likeness (QED) is 0.454. The molecule has 10 nitrogen and oxygen atoms in total. The molecule has 1 fully saturated rings. The molecule has 1 saturated heterocycles. The first-order chi connectivity index (χ1) is 14.4. The van der Waals surface area contributed by atoms with E-state index in [1.165, 1.54) is 0 Å². The van der Waals surface area contributed by atoms with Crippen molar-refractivity contribution in [3.05, 3.63) is 56.2 Å². The zero-order valence-electron chi connectivity index (χ0n) is 16.7. The van der Waals surface area contributed by atoms with Gasteiger partial charge in [0.2, 0.25) is 0 Å². The van der Waals surface area contributed by atoms with Gasteiger partial charge in [-0.05, 0) is 31.9 Å². The summed E-state index contributed by atoms with van der Waals surface area (Å²) in [4.78, 5) is 51.1. The molecule has 0 radical (unpaired) electrons. The lowest BCUT2D eigenvalue weighted by Gasteiger charge is -2.14. The van der Waals surface area contributed by atoms with Gasteiger partial charge in [0.1, 0.15) is 11.4 Å². The predicted octanol–water partition coefficient (Wildman–Crippen LogP) is 0.342. The fourth-order valence-electron chi connectivity index (χ4n) is 3.38. The van der Waals surface area contributed by atoms with Crippen LogP contribution in [0.5, 0.6) is 0 Å². The fraction of sp³-hybridized carbons (Fsp3) is 0.400. The van der Waals surface area contributed by atoms with E-state index in [0.29, 0.717) is 24.4 Å². The number of nitrogens with one attached hydrogen (secondary N) is 3. The number of carbonyl (C=O) groups is 2. The summed E-state index contributed by atoms with van der Waals surface area (Å²) in [5, 5.41) is 5.73. The van der Waals surface area contributed by atoms with Gasteiger partial charge in [0, 0.05) is 25.4 Å². The van der Waals surface area contributed by atoms with Gasteiger partial charge in [-0.15, -0.1) is 0 Å². The number of ether oxygens (including phenoxy) is 1. The zero-order chi connectivity index (χ0) is 21.7. The second-order valence-electron chi connectivity index (χ2n) is 6.93. The van der Waals surface area contributed by atoms with E-state index in [-0.39, 0.29) is 36.5 Å². The molecule has 1 aromatic carbocycles. The van der Waals surface area contributed by atoms with Gasteiger partial charge in [-0.3, -0.25) is 23.9 Å². The van der Waals surface area contributed by atoms with E-state index < -0.39 is 17.0 Å². The van der Waals surface area contributed by atoms with Gasteiger partial charge in [0.15, 0.2) is 5.78 Å². The number of aromatic nitrogens is 2. The van der Waals surface area contributed by atoms with Crippen molar-refractivity contribution in [2.24, 2.45) is 0 Å². The summed E-state index contributed by atoms with van der Waals surface area (Å²) in [5.41, 5.74) is 4.87. The van der Waals surface area contributed by atoms with E-state index >= 15 is 0 Å². The largest absolute Gasteiger partial charge is 0.384 e. The van der Waals surface area contributed by atoms with Gasteiger partial charge in [0.25, 0.3) is 11.5 Å². The van der Waals surface area contributed by atoms with Crippen molar-refractivity contribution in [3.63, 3.8) is 0 Å². The first-order valence-corrected chi connectivity index (χ1v) is 9.80. The second-order valence-corrected chi connectivity index (χ2v) is 6.93. The molecule has 1 aliphatic heterocycles. The van der Waals surface area contributed by atoms with Crippen molar-refractivity contribution < 1.29 is 14.3 Å². The predicted molar refractivity (Wildman–Crippen MR) is 112 cm³/mol. The summed E-state index contributed by atoms with van der Waals surface area (Å²) in [7, 11) is 0. The van der Waals surface area contributed by atoms with Crippen LogP contribution in [0.1, 0.15) is 40.5 Å². The van der Waals surface area contributed by atoms with E-state index in [4.69, 9.17) is 10.5 Å². The van der Waals surface area contributed by atoms with Crippen LogP contribution in [-0.4, -0.2) is 47.0 Å². The van der Waals surface area contributed by atoms with Gasteiger partial charge in [-0.2, -0.15) is 0 Å². The van der Waals surface area contributed by atoms with Crippen LogP contribution in [0.15, 0.2) is 33.9 Å². The molecule has 0 saturated carbocycles. The maximum atomic E-state index is 12.6. The molecule has 0 aliphatic carbocycles. The number of para-hydroxylation sites is 1. The third kappa shape index (κ3) is 4.60. The van der Waals surface area contributed by atoms with E-state index in [2.05, 4.69) is 15.6 Å². The van der Waals surface area contributed by atoms with Crippen molar-refractivity contribution in [2.75, 3.05) is 30.7 Å². The molecule has 1 amide bonds. The summed E-state index contributed by atoms with van der Waals surface area (Å²) in [6, 6.07) is 6.74. The van der Waals surface area contributed by atoms with Crippen molar-refractivity contribution in [1.82, 2.24) is 14.9 Å². The summed E-state index contributed by atoms with van der Waals surface area (Å²) < 4.78 is 6.62. The van der Waals surface area contributed by atoms with Crippen LogP contribution >= 0.6 is 0 Å². The number of nitrogens with zero attached hydrogens (tertiary/aromatic N) is 1. The van der Waals surface area contributed by atoms with Crippen LogP contribution in [0.3, 0.4) is 0 Å². The average molecular weight is 415 g/mol. The van der Waals surface area contributed by atoms with Crippen molar-refractivity contribution in [2.45, 2.75) is 32.4 Å². The Bertz CT molecular complexity index is 1050. The lowest BCUT2D eigenvalue weighted by atomic mass is 10.1. The molecular formula is C20H25N5O5. The normalized spacial score (nSPS) is 15.7. The van der Waals surface area contributed by atoms with Gasteiger partial charge >= 0.3 is 5.69 Å². The maximum Gasteiger partial charge on any atom is 0.329 e. The van der Waals surface area contributed by atoms with Crippen LogP contribution in [0, 0.1) is 0 Å². The molecule has 5 N–H and O–H groups in total. The van der Waals surface area contributed by atoms with E-state index in [1.54, 1.807) is 31.2 Å². The Morgan fingerprint density at radius 3 is 2.77 bits per heavy atom. The van der Waals surface area contributed by atoms with Crippen molar-refractivity contribution in [1.29, 1.82) is 0 Å². The molecule has 1 unspecified atom stereocenters. The second kappa shape index (κ2) is 9.40. The minimum absolute atomic E-state index is 0.0135. The third-order valence-electron chi connectivity index (χ3n) is 4.96. The van der Waals surface area contributed by atoms with Crippen molar-refractivity contribution >= 4 is 23.2 Å². The number of benzene rings is 1. The highest BCUT2D eigenvalue weighted by Crippen LogP contribution is 2.16. The van der Waals surface area contributed by atoms with E-state index in [9.17, 15) is 19.2 Å². The van der Waals surface area contributed by atoms with Crippen molar-refractivity contribution in [3.8, 4) is 0 Å². The topological polar surface area (TPSA) is 148 Å². The maximum absolute atomic E-state index is 12.6. The zero-order valence-corrected chi connectivity index (χ0v) is 16.7. The Balaban J connectivity index is 1.72. The van der Waals surface area contributed by atoms with Crippen LogP contribution in [0.2, 0.25) is 0 Å².